The fourth-order valence-electron chi connectivity index (χ4n) is 4.14. The number of carboxylic acids is 1. The Morgan fingerprint density at radius 1 is 0.912 bits per heavy atom. The summed E-state index contributed by atoms with van der Waals surface area (Å²) in [6.07, 6.45) is -0.717. The van der Waals surface area contributed by atoms with Gasteiger partial charge in [0.15, 0.2) is 0 Å². The van der Waals surface area contributed by atoms with Gasteiger partial charge in [0.1, 0.15) is 13.2 Å². The van der Waals surface area contributed by atoms with Gasteiger partial charge in [0.2, 0.25) is 5.91 Å². The summed E-state index contributed by atoms with van der Waals surface area (Å²) in [5.41, 5.74) is 4.91. The standard InChI is InChI=1S/C26H23ClN2O5/c27-17-9-11-18(12-10-17)29(15-25(31)32)24(30)13-14-28-26(33)34-16-23-21-7-3-1-5-19(21)20-6-2-4-8-22(20)23/h1-12,23H,13-16H2,(H,28,33)(H,31,32). The lowest BCUT2D eigenvalue weighted by molar-refractivity contribution is -0.136. The van der Waals surface area contributed by atoms with Crippen LogP contribution < -0.4 is 10.2 Å². The van der Waals surface area contributed by atoms with Gasteiger partial charge < -0.3 is 20.1 Å². The molecule has 2 N–H and O–H groups in total. The van der Waals surface area contributed by atoms with Crippen molar-refractivity contribution in [3.8, 4) is 11.1 Å². The van der Waals surface area contributed by atoms with Crippen LogP contribution in [-0.2, 0) is 14.3 Å². The maximum atomic E-state index is 12.6. The van der Waals surface area contributed by atoms with E-state index in [1.54, 1.807) is 24.3 Å². The molecule has 0 radical (unpaired) electrons. The van der Waals surface area contributed by atoms with Gasteiger partial charge in [0.05, 0.1) is 0 Å². The van der Waals surface area contributed by atoms with E-state index >= 15 is 0 Å². The summed E-state index contributed by atoms with van der Waals surface area (Å²) in [6, 6.07) is 22.4. The van der Waals surface area contributed by atoms with Crippen LogP contribution in [0.15, 0.2) is 72.8 Å². The van der Waals surface area contributed by atoms with Crippen LogP contribution in [0.2, 0.25) is 5.02 Å². The number of carbonyl (C=O) groups is 3. The van der Waals surface area contributed by atoms with Crippen LogP contribution in [0.3, 0.4) is 0 Å². The molecule has 0 saturated carbocycles. The summed E-state index contributed by atoms with van der Waals surface area (Å²) in [4.78, 5) is 37.3. The Morgan fingerprint density at radius 3 is 2.09 bits per heavy atom. The van der Waals surface area contributed by atoms with Gasteiger partial charge in [0, 0.05) is 29.6 Å². The Bertz CT molecular complexity index is 1170. The quantitative estimate of drug-likeness (QED) is 0.490. The number of aliphatic carboxylic acids is 1. The molecule has 0 atom stereocenters. The first-order valence-corrected chi connectivity index (χ1v) is 11.2. The number of carbonyl (C=O) groups excluding carboxylic acids is 2. The number of benzene rings is 3. The molecule has 0 aliphatic heterocycles. The smallest absolute Gasteiger partial charge is 0.407 e. The second-order valence-corrected chi connectivity index (χ2v) is 8.29. The molecular formula is C26H23ClN2O5. The highest BCUT2D eigenvalue weighted by molar-refractivity contribution is 6.30. The molecular weight excluding hydrogens is 456 g/mol. The van der Waals surface area contributed by atoms with Gasteiger partial charge in [-0.15, -0.1) is 0 Å². The van der Waals surface area contributed by atoms with Crippen LogP contribution in [0.25, 0.3) is 11.1 Å². The van der Waals surface area contributed by atoms with E-state index in [1.165, 1.54) is 0 Å². The summed E-state index contributed by atoms with van der Waals surface area (Å²) in [5, 5.41) is 12.2. The minimum Gasteiger partial charge on any atom is -0.480 e. The Kier molecular flexibility index (Phi) is 7.13. The van der Waals surface area contributed by atoms with Gasteiger partial charge in [0.25, 0.3) is 0 Å². The molecule has 1 aliphatic rings. The Labute approximate surface area is 201 Å². The maximum absolute atomic E-state index is 12.6. The summed E-state index contributed by atoms with van der Waals surface area (Å²) < 4.78 is 5.46. The van der Waals surface area contributed by atoms with Crippen molar-refractivity contribution >= 4 is 35.3 Å². The number of rotatable bonds is 8. The van der Waals surface area contributed by atoms with E-state index in [-0.39, 0.29) is 25.5 Å². The molecule has 0 aromatic heterocycles. The molecule has 0 bridgehead atoms. The predicted octanol–water partition coefficient (Wildman–Crippen LogP) is 4.69. The largest absolute Gasteiger partial charge is 0.480 e. The fourth-order valence-corrected chi connectivity index (χ4v) is 4.26. The van der Waals surface area contributed by atoms with E-state index in [0.29, 0.717) is 10.7 Å². The van der Waals surface area contributed by atoms with Crippen LogP contribution in [0.5, 0.6) is 0 Å². The van der Waals surface area contributed by atoms with Crippen molar-refractivity contribution in [3.63, 3.8) is 0 Å². The maximum Gasteiger partial charge on any atom is 0.407 e. The molecule has 0 fully saturated rings. The van der Waals surface area contributed by atoms with Crippen molar-refractivity contribution in [2.24, 2.45) is 0 Å². The Morgan fingerprint density at radius 2 is 1.50 bits per heavy atom. The number of hydrogen-bond donors (Lipinski definition) is 2. The molecule has 3 aromatic rings. The number of carboxylic acid groups (broad SMARTS) is 1. The number of alkyl carbamates (subject to hydrolysis) is 1. The first kappa shape index (κ1) is 23.3. The minimum atomic E-state index is -1.15. The van der Waals surface area contributed by atoms with Crippen molar-refractivity contribution in [1.29, 1.82) is 0 Å². The van der Waals surface area contributed by atoms with Gasteiger partial charge in [-0.05, 0) is 46.5 Å². The summed E-state index contributed by atoms with van der Waals surface area (Å²) in [7, 11) is 0. The molecule has 0 saturated heterocycles. The molecule has 1 aliphatic carbocycles. The zero-order valence-electron chi connectivity index (χ0n) is 18.2. The average molecular weight is 479 g/mol. The summed E-state index contributed by atoms with van der Waals surface area (Å²) in [6.45, 7) is -0.311. The van der Waals surface area contributed by atoms with Gasteiger partial charge >= 0.3 is 12.1 Å². The van der Waals surface area contributed by atoms with Crippen LogP contribution in [0.4, 0.5) is 10.5 Å². The zero-order valence-corrected chi connectivity index (χ0v) is 19.0. The number of ether oxygens (including phenoxy) is 1. The van der Waals surface area contributed by atoms with E-state index in [4.69, 9.17) is 21.4 Å². The molecule has 0 spiro atoms. The van der Waals surface area contributed by atoms with Crippen LogP contribution >= 0.6 is 11.6 Å². The fraction of sp³-hybridized carbons (Fsp3) is 0.192. The minimum absolute atomic E-state index is 0.0131. The third-order valence-corrected chi connectivity index (χ3v) is 5.94. The van der Waals surface area contributed by atoms with Crippen molar-refractivity contribution < 1.29 is 24.2 Å². The number of fused-ring (bicyclic) bond motifs is 3. The van der Waals surface area contributed by atoms with E-state index in [9.17, 15) is 14.4 Å². The molecule has 0 unspecified atom stereocenters. The second-order valence-electron chi connectivity index (χ2n) is 7.85. The van der Waals surface area contributed by atoms with E-state index in [2.05, 4.69) is 17.4 Å². The summed E-state index contributed by atoms with van der Waals surface area (Å²) >= 11 is 5.87. The molecule has 7 nitrogen and oxygen atoms in total. The number of nitrogens with one attached hydrogen (secondary N) is 1. The number of nitrogens with zero attached hydrogens (tertiary/aromatic N) is 1. The molecule has 174 valence electrons. The Balaban J connectivity index is 1.31. The van der Waals surface area contributed by atoms with Gasteiger partial charge in [-0.1, -0.05) is 60.1 Å². The van der Waals surface area contributed by atoms with Gasteiger partial charge in [-0.2, -0.15) is 0 Å². The summed E-state index contributed by atoms with van der Waals surface area (Å²) in [5.74, 6) is -1.65. The van der Waals surface area contributed by atoms with Crippen LogP contribution in [0.1, 0.15) is 23.5 Å². The van der Waals surface area contributed by atoms with E-state index in [1.807, 2.05) is 36.4 Å². The lowest BCUT2D eigenvalue weighted by Crippen LogP contribution is -2.38. The molecule has 0 heterocycles. The number of hydrogen-bond acceptors (Lipinski definition) is 4. The van der Waals surface area contributed by atoms with Crippen molar-refractivity contribution in [2.75, 3.05) is 24.6 Å². The molecule has 3 aromatic carbocycles. The van der Waals surface area contributed by atoms with E-state index < -0.39 is 24.5 Å². The third kappa shape index (κ3) is 5.21. The van der Waals surface area contributed by atoms with Crippen molar-refractivity contribution in [2.45, 2.75) is 12.3 Å². The number of anilines is 1. The van der Waals surface area contributed by atoms with Crippen LogP contribution in [0, 0.1) is 0 Å². The lowest BCUT2D eigenvalue weighted by atomic mass is 9.98. The SMILES string of the molecule is O=C(O)CN(C(=O)CCNC(=O)OCC1c2ccccc2-c2ccccc21)c1ccc(Cl)cc1. The number of amides is 2. The average Bonchev–Trinajstić information content (AvgIpc) is 3.15. The highest BCUT2D eigenvalue weighted by atomic mass is 35.5. The predicted molar refractivity (Wildman–Crippen MR) is 129 cm³/mol. The lowest BCUT2D eigenvalue weighted by Gasteiger charge is -2.21. The van der Waals surface area contributed by atoms with Gasteiger partial charge in [-0.25, -0.2) is 4.79 Å². The first-order valence-electron chi connectivity index (χ1n) is 10.8. The molecule has 34 heavy (non-hydrogen) atoms. The monoisotopic (exact) mass is 478 g/mol. The van der Waals surface area contributed by atoms with Gasteiger partial charge in [-0.3, -0.25) is 9.59 Å². The molecule has 4 rings (SSSR count). The highest BCUT2D eigenvalue weighted by Gasteiger charge is 2.29. The highest BCUT2D eigenvalue weighted by Crippen LogP contribution is 2.44. The topological polar surface area (TPSA) is 95.9 Å². The van der Waals surface area contributed by atoms with Crippen molar-refractivity contribution in [3.05, 3.63) is 88.9 Å². The third-order valence-electron chi connectivity index (χ3n) is 5.68. The molecule has 2 amide bonds. The Hall–Kier alpha value is -3.84. The normalized spacial score (nSPS) is 11.9. The van der Waals surface area contributed by atoms with E-state index in [0.717, 1.165) is 27.2 Å². The number of halogens is 1. The van der Waals surface area contributed by atoms with Crippen molar-refractivity contribution in [1.82, 2.24) is 5.32 Å². The first-order chi connectivity index (χ1) is 16.4. The molecule has 8 heteroatoms. The zero-order chi connectivity index (χ0) is 24.1. The second kappa shape index (κ2) is 10.4. The van der Waals surface area contributed by atoms with Crippen LogP contribution in [-0.4, -0.2) is 42.8 Å².